The topological polar surface area (TPSA) is 98.5 Å². The van der Waals surface area contributed by atoms with E-state index in [4.69, 9.17) is 9.72 Å². The number of carbonyl (C=O) groups is 1. The number of hydrogen-bond donors (Lipinski definition) is 0. The largest absolute Gasteiger partial charge is 0.458 e. The van der Waals surface area contributed by atoms with Crippen LogP contribution in [0.1, 0.15) is 23.4 Å². The third-order valence-corrected chi connectivity index (χ3v) is 6.68. The molecule has 0 unspecified atom stereocenters. The summed E-state index contributed by atoms with van der Waals surface area (Å²) in [5, 5.41) is 11.7. The van der Waals surface area contributed by atoms with E-state index in [1.165, 1.54) is 6.07 Å². The Morgan fingerprint density at radius 1 is 1.00 bits per heavy atom. The summed E-state index contributed by atoms with van der Waals surface area (Å²) in [6, 6.07) is 20.1. The third-order valence-electron chi connectivity index (χ3n) is 6.68. The van der Waals surface area contributed by atoms with E-state index in [2.05, 4.69) is 4.98 Å². The van der Waals surface area contributed by atoms with Crippen LogP contribution in [0.15, 0.2) is 109 Å². The van der Waals surface area contributed by atoms with Gasteiger partial charge < -0.3 is 9.64 Å². The van der Waals surface area contributed by atoms with Gasteiger partial charge in [0.05, 0.1) is 21.9 Å². The maximum atomic E-state index is 13.0. The predicted octanol–water partition coefficient (Wildman–Crippen LogP) is 7.20. The number of allylic oxidation sites excluding steroid dienone is 1. The molecule has 0 N–H and O–H groups in total. The standard InChI is InChI=1S/C33H28N4O4/c1-23-30(26-15-17-34-18-16-26)31(27-12-6-14-29(21-27)37(39)40)32(24(2)35-23)36-19-7-13-28(22-36)33(38)41-20-8-11-25-9-4-3-5-10-25/h3-12,14-19,21-22H,13,20H2,1-2H3. The van der Waals surface area contributed by atoms with Gasteiger partial charge in [0.1, 0.15) is 6.61 Å². The van der Waals surface area contributed by atoms with Crippen LogP contribution in [0.3, 0.4) is 0 Å². The minimum absolute atomic E-state index is 0.0150. The Kier molecular flexibility index (Phi) is 8.10. The highest BCUT2D eigenvalue weighted by Gasteiger charge is 2.25. The first-order valence-corrected chi connectivity index (χ1v) is 13.1. The Labute approximate surface area is 238 Å². The van der Waals surface area contributed by atoms with E-state index < -0.39 is 10.9 Å². The van der Waals surface area contributed by atoms with Gasteiger partial charge >= 0.3 is 5.97 Å². The van der Waals surface area contributed by atoms with E-state index in [0.29, 0.717) is 28.9 Å². The van der Waals surface area contributed by atoms with E-state index in [-0.39, 0.29) is 12.3 Å². The number of hydrogen-bond acceptors (Lipinski definition) is 7. The lowest BCUT2D eigenvalue weighted by Crippen LogP contribution is -2.19. The van der Waals surface area contributed by atoms with Gasteiger partial charge in [-0.05, 0) is 48.7 Å². The van der Waals surface area contributed by atoms with Gasteiger partial charge in [0.25, 0.3) is 5.69 Å². The van der Waals surface area contributed by atoms with Crippen LogP contribution < -0.4 is 4.90 Å². The van der Waals surface area contributed by atoms with Gasteiger partial charge in [-0.3, -0.25) is 20.1 Å². The van der Waals surface area contributed by atoms with Gasteiger partial charge in [-0.2, -0.15) is 0 Å². The fourth-order valence-electron chi connectivity index (χ4n) is 4.88. The lowest BCUT2D eigenvalue weighted by Gasteiger charge is -2.27. The van der Waals surface area contributed by atoms with Crippen molar-refractivity contribution in [2.45, 2.75) is 20.3 Å². The molecule has 0 aliphatic carbocycles. The first kappa shape index (κ1) is 27.2. The van der Waals surface area contributed by atoms with Crippen molar-refractivity contribution in [2.75, 3.05) is 11.5 Å². The van der Waals surface area contributed by atoms with Crippen LogP contribution in [0.5, 0.6) is 0 Å². The molecule has 0 saturated heterocycles. The maximum absolute atomic E-state index is 13.0. The second-order valence-corrected chi connectivity index (χ2v) is 9.49. The molecule has 0 fully saturated rings. The van der Waals surface area contributed by atoms with Gasteiger partial charge in [0, 0.05) is 60.2 Å². The lowest BCUT2D eigenvalue weighted by molar-refractivity contribution is -0.384. The molecule has 0 spiro atoms. The Bertz CT molecular complexity index is 1680. The highest BCUT2D eigenvalue weighted by atomic mass is 16.6. The first-order chi connectivity index (χ1) is 19.9. The molecule has 41 heavy (non-hydrogen) atoms. The second-order valence-electron chi connectivity index (χ2n) is 9.49. The lowest BCUT2D eigenvalue weighted by atomic mass is 9.91. The summed E-state index contributed by atoms with van der Waals surface area (Å²) in [5.74, 6) is -0.416. The molecule has 8 nitrogen and oxygen atoms in total. The van der Waals surface area contributed by atoms with Crippen LogP contribution in [0.25, 0.3) is 28.3 Å². The molecule has 1 aliphatic heterocycles. The summed E-state index contributed by atoms with van der Waals surface area (Å²) < 4.78 is 5.53. The zero-order valence-electron chi connectivity index (χ0n) is 22.7. The number of nitro benzene ring substituents is 1. The number of aryl methyl sites for hydroxylation is 2. The van der Waals surface area contributed by atoms with Crippen LogP contribution in [-0.2, 0) is 9.53 Å². The molecule has 3 heterocycles. The number of nitro groups is 1. The smallest absolute Gasteiger partial charge is 0.336 e. The Hall–Kier alpha value is -5.37. The average molecular weight is 545 g/mol. The van der Waals surface area contributed by atoms with Crippen molar-refractivity contribution >= 4 is 23.4 Å². The van der Waals surface area contributed by atoms with E-state index >= 15 is 0 Å². The molecule has 2 aromatic heterocycles. The number of non-ortho nitro benzene ring substituents is 1. The summed E-state index contributed by atoms with van der Waals surface area (Å²) in [5.41, 5.74) is 6.83. The van der Waals surface area contributed by atoms with E-state index in [1.54, 1.807) is 36.8 Å². The zero-order chi connectivity index (χ0) is 28.8. The van der Waals surface area contributed by atoms with Crippen molar-refractivity contribution < 1.29 is 14.5 Å². The average Bonchev–Trinajstić information content (AvgIpc) is 3.00. The van der Waals surface area contributed by atoms with Crippen molar-refractivity contribution in [3.05, 3.63) is 136 Å². The molecule has 204 valence electrons. The number of anilines is 1. The Balaban J connectivity index is 1.54. The number of pyridine rings is 2. The van der Waals surface area contributed by atoms with Crippen molar-refractivity contribution in [3.8, 4) is 22.3 Å². The molecule has 4 aromatic rings. The van der Waals surface area contributed by atoms with Crippen molar-refractivity contribution in [1.29, 1.82) is 0 Å². The zero-order valence-corrected chi connectivity index (χ0v) is 22.7. The molecular weight excluding hydrogens is 516 g/mol. The van der Waals surface area contributed by atoms with Gasteiger partial charge in [0.15, 0.2) is 0 Å². The molecule has 0 saturated carbocycles. The number of benzene rings is 2. The fourth-order valence-corrected chi connectivity index (χ4v) is 4.88. The summed E-state index contributed by atoms with van der Waals surface area (Å²) >= 11 is 0. The third kappa shape index (κ3) is 6.12. The fraction of sp³-hybridized carbons (Fsp3) is 0.121. The number of ether oxygens (including phenoxy) is 1. The molecule has 0 amide bonds. The van der Waals surface area contributed by atoms with E-state index in [0.717, 1.165) is 27.9 Å². The molecule has 0 radical (unpaired) electrons. The van der Waals surface area contributed by atoms with Crippen LogP contribution >= 0.6 is 0 Å². The number of aromatic nitrogens is 2. The summed E-state index contributed by atoms with van der Waals surface area (Å²) in [6.07, 6.45) is 13.0. The van der Waals surface area contributed by atoms with E-state index in [1.807, 2.05) is 85.6 Å². The Morgan fingerprint density at radius 2 is 1.78 bits per heavy atom. The summed E-state index contributed by atoms with van der Waals surface area (Å²) in [4.78, 5) is 35.1. The summed E-state index contributed by atoms with van der Waals surface area (Å²) in [7, 11) is 0. The van der Waals surface area contributed by atoms with Crippen LogP contribution in [0.4, 0.5) is 11.4 Å². The van der Waals surface area contributed by atoms with Crippen LogP contribution in [0, 0.1) is 24.0 Å². The number of esters is 1. The van der Waals surface area contributed by atoms with Gasteiger partial charge in [-0.25, -0.2) is 4.79 Å². The number of nitrogens with zero attached hydrogens (tertiary/aromatic N) is 4. The number of carbonyl (C=O) groups excluding carboxylic acids is 1. The van der Waals surface area contributed by atoms with Crippen molar-refractivity contribution in [2.24, 2.45) is 0 Å². The Morgan fingerprint density at radius 3 is 2.54 bits per heavy atom. The minimum atomic E-state index is -0.416. The van der Waals surface area contributed by atoms with Gasteiger partial charge in [-0.1, -0.05) is 54.6 Å². The van der Waals surface area contributed by atoms with Crippen LogP contribution in [-0.4, -0.2) is 27.5 Å². The molecular formula is C33H28N4O4. The normalized spacial score (nSPS) is 12.8. The quantitative estimate of drug-likeness (QED) is 0.131. The molecule has 0 bridgehead atoms. The number of rotatable bonds is 8. The molecule has 0 atom stereocenters. The predicted molar refractivity (Wildman–Crippen MR) is 160 cm³/mol. The maximum Gasteiger partial charge on any atom is 0.336 e. The van der Waals surface area contributed by atoms with Crippen molar-refractivity contribution in [1.82, 2.24) is 9.97 Å². The van der Waals surface area contributed by atoms with Crippen molar-refractivity contribution in [3.63, 3.8) is 0 Å². The summed E-state index contributed by atoms with van der Waals surface area (Å²) in [6.45, 7) is 3.95. The first-order valence-electron chi connectivity index (χ1n) is 13.1. The van der Waals surface area contributed by atoms with Gasteiger partial charge in [0.2, 0.25) is 0 Å². The highest BCUT2D eigenvalue weighted by Crippen LogP contribution is 2.44. The molecule has 2 aromatic carbocycles. The molecule has 5 rings (SSSR count). The van der Waals surface area contributed by atoms with Crippen LogP contribution in [0.2, 0.25) is 0 Å². The van der Waals surface area contributed by atoms with Gasteiger partial charge in [-0.15, -0.1) is 0 Å². The van der Waals surface area contributed by atoms with E-state index in [9.17, 15) is 14.9 Å². The molecule has 1 aliphatic rings. The second kappa shape index (κ2) is 12.2. The monoisotopic (exact) mass is 544 g/mol. The highest BCUT2D eigenvalue weighted by molar-refractivity contribution is 5.96. The minimum Gasteiger partial charge on any atom is -0.458 e. The molecule has 8 heteroatoms. The SMILES string of the molecule is Cc1nc(C)c(N2C=CCC(C(=O)OCC=Cc3ccccc3)=C2)c(-c2cccc([N+](=O)[O-])c2)c1-c1ccncc1.